The summed E-state index contributed by atoms with van der Waals surface area (Å²) < 4.78 is 0. The summed E-state index contributed by atoms with van der Waals surface area (Å²) in [6.07, 6.45) is 69.3. The number of carbonyl (C=O) groups is 1. The molecule has 0 spiro atoms. The van der Waals surface area contributed by atoms with Crippen LogP contribution in [0.3, 0.4) is 0 Å². The van der Waals surface area contributed by atoms with Gasteiger partial charge in [0.05, 0.1) is 18.8 Å². The first-order valence-electron chi connectivity index (χ1n) is 25.5. The Bertz CT molecular complexity index is 965. The molecule has 4 heteroatoms. The molecule has 2 unspecified atom stereocenters. The third kappa shape index (κ3) is 45.2. The number of nitrogens with one attached hydrogen (secondary N) is 1. The van der Waals surface area contributed by atoms with Crippen molar-refractivity contribution < 1.29 is 15.0 Å². The number of hydrogen-bond donors (Lipinski definition) is 3. The molecule has 0 rings (SSSR count). The number of allylic oxidation sites excluding steroid dienone is 9. The van der Waals surface area contributed by atoms with Gasteiger partial charge in [-0.2, -0.15) is 0 Å². The highest BCUT2D eigenvalue weighted by atomic mass is 16.3. The lowest BCUT2D eigenvalue weighted by Crippen LogP contribution is -2.45. The first-order valence-corrected chi connectivity index (χ1v) is 25.5. The maximum Gasteiger partial charge on any atom is 0.220 e. The van der Waals surface area contributed by atoms with Crippen LogP contribution in [0.15, 0.2) is 60.8 Å². The fourth-order valence-corrected chi connectivity index (χ4v) is 7.54. The van der Waals surface area contributed by atoms with E-state index in [0.29, 0.717) is 6.42 Å². The molecule has 338 valence electrons. The van der Waals surface area contributed by atoms with Crippen LogP contribution in [0.25, 0.3) is 0 Å². The molecule has 0 saturated carbocycles. The molecule has 0 heterocycles. The number of aliphatic hydroxyl groups excluding tert-OH is 2. The quantitative estimate of drug-likeness (QED) is 0.0424. The Morgan fingerprint density at radius 3 is 1.10 bits per heavy atom. The van der Waals surface area contributed by atoms with E-state index in [-0.39, 0.29) is 12.5 Å². The summed E-state index contributed by atoms with van der Waals surface area (Å²) in [5.74, 6) is -0.0785. The smallest absolute Gasteiger partial charge is 0.220 e. The van der Waals surface area contributed by atoms with Crippen molar-refractivity contribution in [2.24, 2.45) is 0 Å². The van der Waals surface area contributed by atoms with E-state index < -0.39 is 12.1 Å². The van der Waals surface area contributed by atoms with Crippen molar-refractivity contribution in [2.75, 3.05) is 6.61 Å². The molecule has 4 nitrogen and oxygen atoms in total. The van der Waals surface area contributed by atoms with Crippen LogP contribution < -0.4 is 5.32 Å². The highest BCUT2D eigenvalue weighted by Crippen LogP contribution is 2.15. The summed E-state index contributed by atoms with van der Waals surface area (Å²) in [7, 11) is 0. The third-order valence-corrected chi connectivity index (χ3v) is 11.5. The van der Waals surface area contributed by atoms with Crippen molar-refractivity contribution in [3.63, 3.8) is 0 Å². The summed E-state index contributed by atoms with van der Waals surface area (Å²) in [5, 5.41) is 23.1. The molecule has 0 aromatic rings. The van der Waals surface area contributed by atoms with Crippen molar-refractivity contribution in [1.82, 2.24) is 5.32 Å². The Hall–Kier alpha value is -1.91. The van der Waals surface area contributed by atoms with E-state index in [2.05, 4.69) is 67.8 Å². The van der Waals surface area contributed by atoms with Gasteiger partial charge < -0.3 is 15.5 Å². The Morgan fingerprint density at radius 2 is 0.724 bits per heavy atom. The second-order valence-electron chi connectivity index (χ2n) is 17.2. The van der Waals surface area contributed by atoms with Gasteiger partial charge in [-0.3, -0.25) is 4.79 Å². The predicted octanol–water partition coefficient (Wildman–Crippen LogP) is 16.5. The average molecular weight is 810 g/mol. The van der Waals surface area contributed by atoms with Gasteiger partial charge in [-0.05, 0) is 77.0 Å². The zero-order valence-electron chi connectivity index (χ0n) is 38.8. The molecule has 0 aliphatic rings. The van der Waals surface area contributed by atoms with Gasteiger partial charge in [-0.1, -0.05) is 235 Å². The lowest BCUT2D eigenvalue weighted by atomic mass is 10.0. The van der Waals surface area contributed by atoms with Crippen molar-refractivity contribution in [3.8, 4) is 0 Å². The normalized spacial score (nSPS) is 13.4. The van der Waals surface area contributed by atoms with Gasteiger partial charge in [0.2, 0.25) is 5.91 Å². The third-order valence-electron chi connectivity index (χ3n) is 11.5. The highest BCUT2D eigenvalue weighted by molar-refractivity contribution is 5.76. The average Bonchev–Trinajstić information content (AvgIpc) is 3.23. The van der Waals surface area contributed by atoms with E-state index in [1.807, 2.05) is 6.08 Å². The number of unbranched alkanes of at least 4 members (excludes halogenated alkanes) is 31. The summed E-state index contributed by atoms with van der Waals surface area (Å²) in [6.45, 7) is 4.29. The Labute approximate surface area is 362 Å². The zero-order valence-corrected chi connectivity index (χ0v) is 38.8. The van der Waals surface area contributed by atoms with Crippen LogP contribution in [0.5, 0.6) is 0 Å². The second-order valence-corrected chi connectivity index (χ2v) is 17.2. The highest BCUT2D eigenvalue weighted by Gasteiger charge is 2.17. The monoisotopic (exact) mass is 810 g/mol. The Kier molecular flexibility index (Phi) is 47.8. The SMILES string of the molecule is CCCCCCC/C=C\C/C=C\CCCCCCCCCCCCCCCC(=O)NC(CO)C(O)/C=C/CC/C=C/CC/C=C/CCCCCCCCCCCCC. The van der Waals surface area contributed by atoms with Gasteiger partial charge in [-0.25, -0.2) is 0 Å². The van der Waals surface area contributed by atoms with E-state index in [4.69, 9.17) is 0 Å². The van der Waals surface area contributed by atoms with Gasteiger partial charge in [0.1, 0.15) is 0 Å². The van der Waals surface area contributed by atoms with Gasteiger partial charge in [0, 0.05) is 6.42 Å². The number of carbonyl (C=O) groups excluding carboxylic acids is 1. The van der Waals surface area contributed by atoms with Crippen LogP contribution >= 0.6 is 0 Å². The van der Waals surface area contributed by atoms with Crippen LogP contribution in [-0.4, -0.2) is 34.9 Å². The second kappa shape index (κ2) is 49.5. The fraction of sp³-hybridized carbons (Fsp3) is 0.796. The molecule has 1 amide bonds. The lowest BCUT2D eigenvalue weighted by molar-refractivity contribution is -0.123. The van der Waals surface area contributed by atoms with Crippen LogP contribution in [0.1, 0.15) is 258 Å². The van der Waals surface area contributed by atoms with Crippen LogP contribution in [0, 0.1) is 0 Å². The van der Waals surface area contributed by atoms with E-state index >= 15 is 0 Å². The predicted molar refractivity (Wildman–Crippen MR) is 258 cm³/mol. The van der Waals surface area contributed by atoms with Gasteiger partial charge in [-0.15, -0.1) is 0 Å². The molecular formula is C54H99NO3. The van der Waals surface area contributed by atoms with Crippen molar-refractivity contribution in [2.45, 2.75) is 270 Å². The minimum absolute atomic E-state index is 0.0785. The van der Waals surface area contributed by atoms with E-state index in [1.165, 1.54) is 193 Å². The van der Waals surface area contributed by atoms with E-state index in [1.54, 1.807) is 6.08 Å². The fourth-order valence-electron chi connectivity index (χ4n) is 7.54. The molecule has 0 aromatic heterocycles. The van der Waals surface area contributed by atoms with Gasteiger partial charge in [0.15, 0.2) is 0 Å². The largest absolute Gasteiger partial charge is 0.394 e. The maximum atomic E-state index is 12.4. The molecule has 0 aliphatic carbocycles. The molecular weight excluding hydrogens is 711 g/mol. The van der Waals surface area contributed by atoms with Crippen LogP contribution in [0.4, 0.5) is 0 Å². The Morgan fingerprint density at radius 1 is 0.414 bits per heavy atom. The molecule has 0 fully saturated rings. The van der Waals surface area contributed by atoms with Crippen LogP contribution in [-0.2, 0) is 4.79 Å². The van der Waals surface area contributed by atoms with Crippen molar-refractivity contribution >= 4 is 5.91 Å². The standard InChI is InChI=1S/C54H99NO3/c1-3-5-7-9-11-13-15-17-19-21-23-25-26-27-28-30-32-34-36-38-40-42-44-46-48-50-54(58)55-52(51-56)53(57)49-47-45-43-41-39-37-35-33-31-29-24-22-20-18-16-14-12-10-8-6-4-2/h15,17,21,23,31,33,39,41,47,49,52-53,56-57H,3-14,16,18-20,22,24-30,32,34-38,40,42-46,48,50-51H2,1-2H3,(H,55,58)/b17-15-,23-21-,33-31+,41-39+,49-47+. The minimum Gasteiger partial charge on any atom is -0.394 e. The van der Waals surface area contributed by atoms with Gasteiger partial charge >= 0.3 is 0 Å². The molecule has 0 aliphatic heterocycles. The molecule has 58 heavy (non-hydrogen) atoms. The van der Waals surface area contributed by atoms with Crippen LogP contribution in [0.2, 0.25) is 0 Å². The first-order chi connectivity index (χ1) is 28.7. The molecule has 0 saturated heterocycles. The first kappa shape index (κ1) is 56.1. The molecule has 2 atom stereocenters. The number of amides is 1. The zero-order chi connectivity index (χ0) is 42.1. The molecule has 0 aromatic carbocycles. The minimum atomic E-state index is -0.872. The maximum absolute atomic E-state index is 12.4. The molecule has 3 N–H and O–H groups in total. The molecule has 0 radical (unpaired) electrons. The summed E-state index contributed by atoms with van der Waals surface area (Å²) in [5.41, 5.74) is 0. The number of rotatable bonds is 46. The number of hydrogen-bond acceptors (Lipinski definition) is 3. The summed E-state index contributed by atoms with van der Waals surface area (Å²) in [6, 6.07) is -0.648. The summed E-state index contributed by atoms with van der Waals surface area (Å²) >= 11 is 0. The van der Waals surface area contributed by atoms with Crippen molar-refractivity contribution in [3.05, 3.63) is 60.8 Å². The van der Waals surface area contributed by atoms with E-state index in [0.717, 1.165) is 44.9 Å². The van der Waals surface area contributed by atoms with E-state index in [9.17, 15) is 15.0 Å². The topological polar surface area (TPSA) is 69.6 Å². The number of aliphatic hydroxyl groups is 2. The molecule has 0 bridgehead atoms. The van der Waals surface area contributed by atoms with Crippen molar-refractivity contribution in [1.29, 1.82) is 0 Å². The lowest BCUT2D eigenvalue weighted by Gasteiger charge is -2.19. The van der Waals surface area contributed by atoms with Gasteiger partial charge in [0.25, 0.3) is 0 Å². The summed E-state index contributed by atoms with van der Waals surface area (Å²) in [4.78, 5) is 12.4. The Balaban J connectivity index is 3.59.